The highest BCUT2D eigenvalue weighted by atomic mass is 35.5. The number of nitrogens with one attached hydrogen (secondary N) is 1. The van der Waals surface area contributed by atoms with Crippen molar-refractivity contribution in [2.45, 2.75) is 13.5 Å². The highest BCUT2D eigenvalue weighted by Gasteiger charge is 2.10. The second kappa shape index (κ2) is 8.44. The maximum absolute atomic E-state index is 12.0. The van der Waals surface area contributed by atoms with Gasteiger partial charge in [-0.1, -0.05) is 35.9 Å². The number of benzene rings is 2. The van der Waals surface area contributed by atoms with Crippen LogP contribution in [0, 0.1) is 6.92 Å². The molecule has 0 bridgehead atoms. The van der Waals surface area contributed by atoms with Gasteiger partial charge in [-0.25, -0.2) is 0 Å². The standard InChI is InChI=1S/C18H18ClN5O2/c1-13-4-2-3-5-16(13)18-21-23-24(22-18)12-17(25)20-10-11-26-15-8-6-14(19)7-9-15/h2-9H,10-12H2,1H3,(H,20,25). The van der Waals surface area contributed by atoms with Gasteiger partial charge in [-0.3, -0.25) is 4.79 Å². The Hall–Kier alpha value is -2.93. The summed E-state index contributed by atoms with van der Waals surface area (Å²) in [7, 11) is 0. The van der Waals surface area contributed by atoms with Crippen molar-refractivity contribution in [2.75, 3.05) is 13.2 Å². The molecule has 2 aromatic carbocycles. The molecule has 1 N–H and O–H groups in total. The second-order valence-corrected chi connectivity index (χ2v) is 6.05. The van der Waals surface area contributed by atoms with E-state index in [1.54, 1.807) is 24.3 Å². The zero-order valence-electron chi connectivity index (χ0n) is 14.2. The SMILES string of the molecule is Cc1ccccc1-c1nnn(CC(=O)NCCOc2ccc(Cl)cc2)n1. The zero-order valence-corrected chi connectivity index (χ0v) is 15.0. The molecule has 0 fully saturated rings. The molecule has 1 heterocycles. The summed E-state index contributed by atoms with van der Waals surface area (Å²) in [6.07, 6.45) is 0. The minimum Gasteiger partial charge on any atom is -0.492 e. The van der Waals surface area contributed by atoms with Crippen LogP contribution in [0.1, 0.15) is 5.56 Å². The molecule has 0 unspecified atom stereocenters. The van der Waals surface area contributed by atoms with Crippen LogP contribution in [0.4, 0.5) is 0 Å². The summed E-state index contributed by atoms with van der Waals surface area (Å²) in [5.74, 6) is 0.991. The van der Waals surface area contributed by atoms with E-state index in [4.69, 9.17) is 16.3 Å². The molecule has 0 spiro atoms. The van der Waals surface area contributed by atoms with Crippen LogP contribution >= 0.6 is 11.6 Å². The Labute approximate surface area is 155 Å². The minimum atomic E-state index is -0.210. The van der Waals surface area contributed by atoms with Crippen molar-refractivity contribution >= 4 is 17.5 Å². The smallest absolute Gasteiger partial charge is 0.243 e. The van der Waals surface area contributed by atoms with E-state index in [9.17, 15) is 4.79 Å². The van der Waals surface area contributed by atoms with Gasteiger partial charge in [-0.05, 0) is 42.0 Å². The van der Waals surface area contributed by atoms with E-state index in [0.29, 0.717) is 29.7 Å². The lowest BCUT2D eigenvalue weighted by Gasteiger charge is -2.07. The third-order valence-electron chi connectivity index (χ3n) is 3.63. The Morgan fingerprint density at radius 3 is 2.73 bits per heavy atom. The molecule has 0 radical (unpaired) electrons. The number of hydrogen-bond acceptors (Lipinski definition) is 5. The van der Waals surface area contributed by atoms with Crippen molar-refractivity contribution in [3.8, 4) is 17.1 Å². The first-order valence-corrected chi connectivity index (χ1v) is 8.48. The summed E-state index contributed by atoms with van der Waals surface area (Å²) in [6, 6.07) is 14.8. The van der Waals surface area contributed by atoms with Crippen LogP contribution in [0.2, 0.25) is 5.02 Å². The third kappa shape index (κ3) is 4.80. The lowest BCUT2D eigenvalue weighted by atomic mass is 10.1. The van der Waals surface area contributed by atoms with Crippen molar-refractivity contribution in [3.05, 3.63) is 59.1 Å². The minimum absolute atomic E-state index is 0.000173. The lowest BCUT2D eigenvalue weighted by molar-refractivity contribution is -0.122. The van der Waals surface area contributed by atoms with Gasteiger partial charge >= 0.3 is 0 Å². The number of nitrogens with zero attached hydrogens (tertiary/aromatic N) is 4. The van der Waals surface area contributed by atoms with Gasteiger partial charge in [0.25, 0.3) is 0 Å². The molecule has 0 atom stereocenters. The van der Waals surface area contributed by atoms with Gasteiger partial charge in [-0.2, -0.15) is 4.80 Å². The van der Waals surface area contributed by atoms with E-state index in [1.165, 1.54) is 4.80 Å². The van der Waals surface area contributed by atoms with Crippen LogP contribution in [-0.4, -0.2) is 39.3 Å². The first kappa shape index (κ1) is 17.9. The molecule has 0 saturated heterocycles. The lowest BCUT2D eigenvalue weighted by Crippen LogP contribution is -2.31. The fraction of sp³-hybridized carbons (Fsp3) is 0.222. The van der Waals surface area contributed by atoms with Gasteiger partial charge < -0.3 is 10.1 Å². The topological polar surface area (TPSA) is 81.9 Å². The largest absolute Gasteiger partial charge is 0.492 e. The highest BCUT2D eigenvalue weighted by molar-refractivity contribution is 6.30. The van der Waals surface area contributed by atoms with E-state index in [-0.39, 0.29) is 12.5 Å². The Morgan fingerprint density at radius 2 is 1.96 bits per heavy atom. The van der Waals surface area contributed by atoms with Gasteiger partial charge in [0.1, 0.15) is 18.9 Å². The number of aryl methyl sites for hydroxylation is 1. The van der Waals surface area contributed by atoms with Crippen LogP contribution in [0.5, 0.6) is 5.75 Å². The fourth-order valence-corrected chi connectivity index (χ4v) is 2.44. The quantitative estimate of drug-likeness (QED) is 0.645. The Morgan fingerprint density at radius 1 is 1.19 bits per heavy atom. The number of carbonyl (C=O) groups is 1. The van der Waals surface area contributed by atoms with Gasteiger partial charge in [-0.15, -0.1) is 10.2 Å². The number of ether oxygens (including phenoxy) is 1. The maximum atomic E-state index is 12.0. The second-order valence-electron chi connectivity index (χ2n) is 5.61. The average Bonchev–Trinajstić information content (AvgIpc) is 3.09. The van der Waals surface area contributed by atoms with Crippen molar-refractivity contribution in [1.29, 1.82) is 0 Å². The summed E-state index contributed by atoms with van der Waals surface area (Å²) in [5, 5.41) is 15.6. The number of hydrogen-bond donors (Lipinski definition) is 1. The van der Waals surface area contributed by atoms with Gasteiger partial charge in [0.05, 0.1) is 6.54 Å². The molecule has 0 aliphatic carbocycles. The van der Waals surface area contributed by atoms with Gasteiger partial charge in [0.15, 0.2) is 0 Å². The molecule has 3 aromatic rings. The summed E-state index contributed by atoms with van der Waals surface area (Å²) in [4.78, 5) is 13.2. The molecular formula is C18H18ClN5O2. The predicted molar refractivity (Wildman–Crippen MR) is 97.9 cm³/mol. The molecule has 1 amide bonds. The number of halogens is 1. The molecule has 134 valence electrons. The number of tetrazole rings is 1. The van der Waals surface area contributed by atoms with E-state index in [2.05, 4.69) is 20.7 Å². The Kier molecular flexibility index (Phi) is 5.80. The Bertz CT molecular complexity index is 879. The van der Waals surface area contributed by atoms with E-state index < -0.39 is 0 Å². The first-order chi connectivity index (χ1) is 12.6. The molecule has 0 aliphatic heterocycles. The van der Waals surface area contributed by atoms with Crippen molar-refractivity contribution in [2.24, 2.45) is 0 Å². The van der Waals surface area contributed by atoms with Crippen LogP contribution in [0.3, 0.4) is 0 Å². The number of amides is 1. The van der Waals surface area contributed by atoms with Crippen molar-refractivity contribution < 1.29 is 9.53 Å². The van der Waals surface area contributed by atoms with Crippen LogP contribution in [0.25, 0.3) is 11.4 Å². The summed E-state index contributed by atoms with van der Waals surface area (Å²) >= 11 is 5.81. The van der Waals surface area contributed by atoms with E-state index >= 15 is 0 Å². The molecule has 3 rings (SSSR count). The van der Waals surface area contributed by atoms with E-state index in [1.807, 2.05) is 31.2 Å². The molecule has 1 aromatic heterocycles. The van der Waals surface area contributed by atoms with Crippen LogP contribution < -0.4 is 10.1 Å². The first-order valence-electron chi connectivity index (χ1n) is 8.11. The summed E-state index contributed by atoms with van der Waals surface area (Å²) < 4.78 is 5.51. The number of carbonyl (C=O) groups excluding carboxylic acids is 1. The molecule has 8 heteroatoms. The normalized spacial score (nSPS) is 10.5. The van der Waals surface area contributed by atoms with Gasteiger partial charge in [0, 0.05) is 10.6 Å². The molecule has 7 nitrogen and oxygen atoms in total. The molecule has 0 aliphatic rings. The van der Waals surface area contributed by atoms with Crippen molar-refractivity contribution in [1.82, 2.24) is 25.5 Å². The average molecular weight is 372 g/mol. The van der Waals surface area contributed by atoms with Crippen LogP contribution in [0.15, 0.2) is 48.5 Å². The predicted octanol–water partition coefficient (Wildman–Crippen LogP) is 2.50. The monoisotopic (exact) mass is 371 g/mol. The molecule has 26 heavy (non-hydrogen) atoms. The molecular weight excluding hydrogens is 354 g/mol. The molecule has 0 saturated carbocycles. The van der Waals surface area contributed by atoms with Crippen LogP contribution in [-0.2, 0) is 11.3 Å². The number of rotatable bonds is 7. The van der Waals surface area contributed by atoms with E-state index in [0.717, 1.165) is 11.1 Å². The highest BCUT2D eigenvalue weighted by Crippen LogP contribution is 2.17. The summed E-state index contributed by atoms with van der Waals surface area (Å²) in [6.45, 7) is 2.71. The zero-order chi connectivity index (χ0) is 18.4. The van der Waals surface area contributed by atoms with Crippen molar-refractivity contribution in [3.63, 3.8) is 0 Å². The van der Waals surface area contributed by atoms with Gasteiger partial charge in [0.2, 0.25) is 11.7 Å². The third-order valence-corrected chi connectivity index (χ3v) is 3.88. The maximum Gasteiger partial charge on any atom is 0.243 e. The number of aromatic nitrogens is 4. The fourth-order valence-electron chi connectivity index (χ4n) is 2.32. The summed E-state index contributed by atoms with van der Waals surface area (Å²) in [5.41, 5.74) is 1.95. The Balaban J connectivity index is 1.45.